The van der Waals surface area contributed by atoms with E-state index in [0.29, 0.717) is 16.9 Å². The molecule has 0 unspecified atom stereocenters. The Morgan fingerprint density at radius 1 is 0.960 bits per heavy atom. The summed E-state index contributed by atoms with van der Waals surface area (Å²) in [6, 6.07) is 16.3. The van der Waals surface area contributed by atoms with Crippen molar-refractivity contribution in [2.45, 2.75) is 25.4 Å². The molecule has 0 saturated carbocycles. The van der Waals surface area contributed by atoms with Gasteiger partial charge in [0.25, 0.3) is 0 Å². The summed E-state index contributed by atoms with van der Waals surface area (Å²) in [5, 5.41) is 10.2. The van der Waals surface area contributed by atoms with Gasteiger partial charge in [-0.25, -0.2) is 0 Å². The molecule has 0 radical (unpaired) electrons. The predicted molar refractivity (Wildman–Crippen MR) is 97.2 cm³/mol. The van der Waals surface area contributed by atoms with Crippen LogP contribution in [0, 0.1) is 0 Å². The number of carbonyl (C=O) groups excluding carboxylic acids is 1. The summed E-state index contributed by atoms with van der Waals surface area (Å²) in [6.07, 6.45) is 3.35. The van der Waals surface area contributed by atoms with Gasteiger partial charge in [-0.3, -0.25) is 4.79 Å². The quantitative estimate of drug-likeness (QED) is 0.755. The number of hydrogen-bond acceptors (Lipinski definition) is 3. The Balaban J connectivity index is 1.49. The zero-order chi connectivity index (χ0) is 17.5. The number of aliphatic hydroxyl groups excluding tert-OH is 1. The second-order valence-corrected chi connectivity index (χ2v) is 6.70. The molecule has 2 aromatic carbocycles. The molecule has 4 nitrogen and oxygen atoms in total. The van der Waals surface area contributed by atoms with Gasteiger partial charge in [-0.15, -0.1) is 0 Å². The molecule has 1 atom stereocenters. The molecule has 0 aromatic heterocycles. The molecule has 1 aliphatic heterocycles. The van der Waals surface area contributed by atoms with Gasteiger partial charge in [0.05, 0.1) is 13.1 Å². The minimum absolute atomic E-state index is 0.000818. The Morgan fingerprint density at radius 3 is 2.28 bits per heavy atom. The first-order valence-corrected chi connectivity index (χ1v) is 9.06. The van der Waals surface area contributed by atoms with Gasteiger partial charge < -0.3 is 14.7 Å². The zero-order valence-electron chi connectivity index (χ0n) is 14.5. The van der Waals surface area contributed by atoms with E-state index in [1.807, 2.05) is 30.3 Å². The number of aliphatic hydroxyl groups is 1. The highest BCUT2D eigenvalue weighted by Crippen LogP contribution is 2.15. The highest BCUT2D eigenvalue weighted by Gasteiger charge is 2.18. The lowest BCUT2D eigenvalue weighted by Gasteiger charge is -2.25. The topological polar surface area (TPSA) is 51.0 Å². The van der Waals surface area contributed by atoms with Crippen molar-refractivity contribution in [2.75, 3.05) is 26.2 Å². The van der Waals surface area contributed by atoms with Crippen LogP contribution in [0.15, 0.2) is 54.6 Å². The molecule has 0 aliphatic carbocycles. The molecule has 25 heavy (non-hydrogen) atoms. The molecule has 1 fully saturated rings. The van der Waals surface area contributed by atoms with E-state index in [1.54, 1.807) is 24.3 Å². The van der Waals surface area contributed by atoms with E-state index < -0.39 is 6.10 Å². The van der Waals surface area contributed by atoms with Gasteiger partial charge in [-0.1, -0.05) is 30.3 Å². The third-order valence-electron chi connectivity index (χ3n) is 4.68. The summed E-state index contributed by atoms with van der Waals surface area (Å²) >= 11 is 0. The Bertz CT molecular complexity index is 663. The second kappa shape index (κ2) is 8.79. The van der Waals surface area contributed by atoms with Crippen LogP contribution in [0.3, 0.4) is 0 Å². The van der Waals surface area contributed by atoms with Crippen LogP contribution in [0.4, 0.5) is 0 Å². The van der Waals surface area contributed by atoms with Crippen LogP contribution in [0.2, 0.25) is 0 Å². The summed E-state index contributed by atoms with van der Waals surface area (Å²) in [5.41, 5.74) is 1.31. The van der Waals surface area contributed by atoms with Crippen molar-refractivity contribution in [2.24, 2.45) is 0 Å². The Labute approximate surface area is 149 Å². The summed E-state index contributed by atoms with van der Waals surface area (Å²) in [7, 11) is 0. The molecule has 2 N–H and O–H groups in total. The van der Waals surface area contributed by atoms with Gasteiger partial charge in [0.2, 0.25) is 0 Å². The molecule has 2 aromatic rings. The first kappa shape index (κ1) is 17.6. The first-order chi connectivity index (χ1) is 12.2. The van der Waals surface area contributed by atoms with Crippen molar-refractivity contribution in [3.8, 4) is 5.75 Å². The largest absolute Gasteiger partial charge is 0.491 e. The number of ketones is 1. The van der Waals surface area contributed by atoms with Gasteiger partial charge in [-0.05, 0) is 43.5 Å². The highest BCUT2D eigenvalue weighted by atomic mass is 16.5. The van der Waals surface area contributed by atoms with Gasteiger partial charge in [-0.2, -0.15) is 0 Å². The molecule has 3 rings (SSSR count). The smallest absolute Gasteiger partial charge is 0.193 e. The number of quaternary nitrogens is 1. The fourth-order valence-electron chi connectivity index (χ4n) is 3.30. The van der Waals surface area contributed by atoms with Gasteiger partial charge in [0.15, 0.2) is 5.78 Å². The molecule has 132 valence electrons. The Hall–Kier alpha value is -2.17. The van der Waals surface area contributed by atoms with Crippen molar-refractivity contribution in [1.82, 2.24) is 0 Å². The van der Waals surface area contributed by atoms with Crippen LogP contribution in [0.25, 0.3) is 0 Å². The maximum atomic E-state index is 12.4. The van der Waals surface area contributed by atoms with Crippen molar-refractivity contribution < 1.29 is 19.5 Å². The average Bonchev–Trinajstić information content (AvgIpc) is 2.68. The van der Waals surface area contributed by atoms with Crippen molar-refractivity contribution in [3.63, 3.8) is 0 Å². The van der Waals surface area contributed by atoms with Crippen molar-refractivity contribution >= 4 is 5.78 Å². The lowest BCUT2D eigenvalue weighted by molar-refractivity contribution is -0.908. The van der Waals surface area contributed by atoms with Crippen LogP contribution in [0.5, 0.6) is 5.75 Å². The monoisotopic (exact) mass is 340 g/mol. The minimum atomic E-state index is -0.460. The third kappa shape index (κ3) is 5.15. The van der Waals surface area contributed by atoms with E-state index in [9.17, 15) is 9.90 Å². The maximum absolute atomic E-state index is 12.4. The van der Waals surface area contributed by atoms with E-state index in [4.69, 9.17) is 4.74 Å². The van der Waals surface area contributed by atoms with E-state index in [2.05, 4.69) is 0 Å². The van der Waals surface area contributed by atoms with Crippen LogP contribution >= 0.6 is 0 Å². The normalized spacial score (nSPS) is 16.4. The molecular formula is C21H26NO3+. The van der Waals surface area contributed by atoms with Crippen molar-refractivity contribution in [1.29, 1.82) is 0 Å². The van der Waals surface area contributed by atoms with E-state index >= 15 is 0 Å². The van der Waals surface area contributed by atoms with Crippen molar-refractivity contribution in [3.05, 3.63) is 65.7 Å². The van der Waals surface area contributed by atoms with Crippen LogP contribution in [-0.2, 0) is 0 Å². The number of likely N-dealkylation sites (tertiary alicyclic amines) is 1. The minimum Gasteiger partial charge on any atom is -0.491 e. The van der Waals surface area contributed by atoms with Crippen LogP contribution in [0.1, 0.15) is 35.2 Å². The number of ether oxygens (including phenoxy) is 1. The predicted octanol–water partition coefficient (Wildman–Crippen LogP) is 1.73. The van der Waals surface area contributed by atoms with Gasteiger partial charge >= 0.3 is 0 Å². The molecular weight excluding hydrogens is 314 g/mol. The number of rotatable bonds is 7. The Morgan fingerprint density at radius 2 is 1.60 bits per heavy atom. The van der Waals surface area contributed by atoms with Gasteiger partial charge in [0, 0.05) is 11.1 Å². The molecule has 0 amide bonds. The van der Waals surface area contributed by atoms with Gasteiger partial charge in [0.1, 0.15) is 25.0 Å². The lowest BCUT2D eigenvalue weighted by Crippen LogP contribution is -3.14. The third-order valence-corrected chi connectivity index (χ3v) is 4.68. The fraction of sp³-hybridized carbons (Fsp3) is 0.381. The molecule has 1 saturated heterocycles. The number of piperidine rings is 1. The zero-order valence-corrected chi connectivity index (χ0v) is 14.5. The summed E-state index contributed by atoms with van der Waals surface area (Å²) < 4.78 is 5.68. The number of hydrogen-bond donors (Lipinski definition) is 2. The second-order valence-electron chi connectivity index (χ2n) is 6.70. The van der Waals surface area contributed by atoms with Crippen LogP contribution < -0.4 is 9.64 Å². The van der Waals surface area contributed by atoms with E-state index in [1.165, 1.54) is 24.2 Å². The van der Waals surface area contributed by atoms with E-state index in [-0.39, 0.29) is 12.4 Å². The number of benzene rings is 2. The maximum Gasteiger partial charge on any atom is 0.193 e. The standard InChI is InChI=1S/C21H25NO3/c23-19(15-22-13-5-2-6-14-22)16-25-20-11-9-18(10-12-20)21(24)17-7-3-1-4-8-17/h1,3-4,7-12,19,23H,2,5-6,13-16H2/p+1/t19-/m1/s1. The summed E-state index contributed by atoms with van der Waals surface area (Å²) in [4.78, 5) is 13.8. The lowest BCUT2D eigenvalue weighted by atomic mass is 10.0. The highest BCUT2D eigenvalue weighted by molar-refractivity contribution is 6.08. The number of carbonyl (C=O) groups is 1. The Kier molecular flexibility index (Phi) is 6.20. The SMILES string of the molecule is O=C(c1ccccc1)c1ccc(OC[C@H](O)C[NH+]2CCCCC2)cc1. The first-order valence-electron chi connectivity index (χ1n) is 9.06. The van der Waals surface area contributed by atoms with Crippen LogP contribution in [-0.4, -0.2) is 43.2 Å². The summed E-state index contributed by atoms with van der Waals surface area (Å²) in [6.45, 7) is 3.32. The number of nitrogens with one attached hydrogen (secondary N) is 1. The molecule has 1 heterocycles. The van der Waals surface area contributed by atoms with E-state index in [0.717, 1.165) is 19.6 Å². The summed E-state index contributed by atoms with van der Waals surface area (Å²) in [5.74, 6) is 0.679. The average molecular weight is 340 g/mol. The molecule has 1 aliphatic rings. The fourth-order valence-corrected chi connectivity index (χ4v) is 3.30. The molecule has 4 heteroatoms. The molecule has 0 spiro atoms. The molecule has 0 bridgehead atoms.